The molecule has 2 aliphatic rings. The Morgan fingerprint density at radius 3 is 2.64 bits per heavy atom. The minimum atomic E-state index is -0.855. The van der Waals surface area contributed by atoms with Crippen LogP contribution in [0.2, 0.25) is 0 Å². The Morgan fingerprint density at radius 1 is 1.36 bits per heavy atom. The fourth-order valence-electron chi connectivity index (χ4n) is 1.99. The van der Waals surface area contributed by atoms with Gasteiger partial charge in [-0.3, -0.25) is 4.79 Å². The van der Waals surface area contributed by atoms with Crippen LogP contribution in [0.1, 0.15) is 6.42 Å². The molecule has 14 heavy (non-hydrogen) atoms. The van der Waals surface area contributed by atoms with Gasteiger partial charge in [-0.15, -0.1) is 0 Å². The van der Waals surface area contributed by atoms with Crippen molar-refractivity contribution in [2.24, 2.45) is 0 Å². The maximum absolute atomic E-state index is 12.9. The predicted molar refractivity (Wildman–Crippen MR) is 50.8 cm³/mol. The molecule has 2 saturated heterocycles. The van der Waals surface area contributed by atoms with Crippen molar-refractivity contribution in [1.82, 2.24) is 15.5 Å². The van der Waals surface area contributed by atoms with Crippen molar-refractivity contribution in [3.63, 3.8) is 0 Å². The summed E-state index contributed by atoms with van der Waals surface area (Å²) in [5, 5.41) is 6.10. The molecule has 1 amide bonds. The third-order valence-electron chi connectivity index (χ3n) is 2.80. The van der Waals surface area contributed by atoms with Crippen molar-refractivity contribution in [1.29, 1.82) is 0 Å². The van der Waals surface area contributed by atoms with E-state index in [4.69, 9.17) is 0 Å². The van der Waals surface area contributed by atoms with Crippen LogP contribution in [0, 0.1) is 0 Å². The number of piperazine rings is 1. The Balaban J connectivity index is 1.87. The van der Waals surface area contributed by atoms with Gasteiger partial charge in [-0.05, 0) is 0 Å². The second kappa shape index (κ2) is 4.23. The Hall–Kier alpha value is -0.680. The molecule has 0 bridgehead atoms. The number of alkyl halides is 1. The predicted octanol–water partition coefficient (Wildman–Crippen LogP) is -0.882. The highest BCUT2D eigenvalue weighted by Crippen LogP contribution is 2.12. The van der Waals surface area contributed by atoms with Crippen LogP contribution in [0.15, 0.2) is 0 Å². The quantitative estimate of drug-likeness (QED) is 0.579. The van der Waals surface area contributed by atoms with Crippen molar-refractivity contribution in [3.8, 4) is 0 Å². The highest BCUT2D eigenvalue weighted by Gasteiger charge is 2.32. The number of nitrogens with one attached hydrogen (secondary N) is 2. The van der Waals surface area contributed by atoms with Crippen molar-refractivity contribution in [3.05, 3.63) is 0 Å². The van der Waals surface area contributed by atoms with Crippen molar-refractivity contribution >= 4 is 5.91 Å². The van der Waals surface area contributed by atoms with E-state index in [9.17, 15) is 9.18 Å². The van der Waals surface area contributed by atoms with Gasteiger partial charge in [0.15, 0.2) is 0 Å². The number of hydrogen-bond acceptors (Lipinski definition) is 3. The second-order valence-electron chi connectivity index (χ2n) is 3.87. The molecule has 2 atom stereocenters. The molecule has 0 aliphatic carbocycles. The molecule has 2 aliphatic heterocycles. The smallest absolute Gasteiger partial charge is 0.239 e. The molecule has 2 rings (SSSR count). The van der Waals surface area contributed by atoms with Gasteiger partial charge in [-0.1, -0.05) is 0 Å². The first kappa shape index (κ1) is 9.86. The molecule has 0 aromatic heterocycles. The number of amides is 1. The van der Waals surface area contributed by atoms with E-state index in [-0.39, 0.29) is 11.9 Å². The molecule has 0 spiro atoms. The monoisotopic (exact) mass is 201 g/mol. The summed E-state index contributed by atoms with van der Waals surface area (Å²) in [6, 6.07) is -0.289. The maximum atomic E-state index is 12.9. The van der Waals surface area contributed by atoms with Gasteiger partial charge in [-0.2, -0.15) is 0 Å². The van der Waals surface area contributed by atoms with E-state index in [1.165, 1.54) is 0 Å². The van der Waals surface area contributed by atoms with E-state index in [2.05, 4.69) is 10.6 Å². The van der Waals surface area contributed by atoms with Crippen molar-refractivity contribution in [2.75, 3.05) is 32.7 Å². The van der Waals surface area contributed by atoms with Gasteiger partial charge >= 0.3 is 0 Å². The van der Waals surface area contributed by atoms with Crippen LogP contribution in [0.3, 0.4) is 0 Å². The molecular formula is C9H16FN3O. The van der Waals surface area contributed by atoms with Crippen LogP contribution in [-0.2, 0) is 4.79 Å². The zero-order valence-corrected chi connectivity index (χ0v) is 8.13. The van der Waals surface area contributed by atoms with E-state index in [0.717, 1.165) is 26.2 Å². The van der Waals surface area contributed by atoms with Gasteiger partial charge < -0.3 is 15.5 Å². The first-order chi connectivity index (χ1) is 6.77. The fraction of sp³-hybridized carbons (Fsp3) is 0.889. The van der Waals surface area contributed by atoms with Gasteiger partial charge in [0.25, 0.3) is 0 Å². The van der Waals surface area contributed by atoms with Crippen molar-refractivity contribution < 1.29 is 9.18 Å². The summed E-state index contributed by atoms with van der Waals surface area (Å²) in [6.07, 6.45) is -0.519. The summed E-state index contributed by atoms with van der Waals surface area (Å²) in [5.74, 6) is 0.0617. The lowest BCUT2D eigenvalue weighted by Crippen LogP contribution is -2.51. The molecular weight excluding hydrogens is 185 g/mol. The zero-order valence-electron chi connectivity index (χ0n) is 8.13. The molecule has 0 aromatic rings. The fourth-order valence-corrected chi connectivity index (χ4v) is 1.99. The molecule has 2 N–H and O–H groups in total. The lowest BCUT2D eigenvalue weighted by atomic mass is 10.2. The number of nitrogens with zero attached hydrogens (tertiary/aromatic N) is 1. The molecule has 5 heteroatoms. The van der Waals surface area contributed by atoms with Gasteiger partial charge in [0, 0.05) is 39.1 Å². The largest absolute Gasteiger partial charge is 0.339 e. The van der Waals surface area contributed by atoms with E-state index in [1.807, 2.05) is 4.90 Å². The molecule has 80 valence electrons. The summed E-state index contributed by atoms with van der Waals surface area (Å²) >= 11 is 0. The number of halogens is 1. The van der Waals surface area contributed by atoms with Gasteiger partial charge in [-0.25, -0.2) is 4.39 Å². The first-order valence-electron chi connectivity index (χ1n) is 5.14. The number of carbonyl (C=O) groups is 1. The van der Waals surface area contributed by atoms with E-state index in [1.54, 1.807) is 0 Å². The average Bonchev–Trinajstić information content (AvgIpc) is 2.65. The molecule has 0 unspecified atom stereocenters. The lowest BCUT2D eigenvalue weighted by Gasteiger charge is -2.29. The summed E-state index contributed by atoms with van der Waals surface area (Å²) in [4.78, 5) is 13.6. The van der Waals surface area contributed by atoms with E-state index >= 15 is 0 Å². The van der Waals surface area contributed by atoms with Crippen LogP contribution in [0.5, 0.6) is 0 Å². The second-order valence-corrected chi connectivity index (χ2v) is 3.87. The van der Waals surface area contributed by atoms with Crippen LogP contribution < -0.4 is 10.6 Å². The van der Waals surface area contributed by atoms with Crippen LogP contribution in [0.25, 0.3) is 0 Å². The molecule has 4 nitrogen and oxygen atoms in total. The standard InChI is InChI=1S/C9H16FN3O/c10-7-5-8(12-6-7)9(14)13-3-1-11-2-4-13/h7-8,11-12H,1-6H2/t7-,8+/m0/s1. The molecule has 0 aromatic carbocycles. The van der Waals surface area contributed by atoms with Crippen LogP contribution >= 0.6 is 0 Å². The SMILES string of the molecule is O=C([C@H]1C[C@H](F)CN1)N1CCNCC1. The summed E-state index contributed by atoms with van der Waals surface area (Å²) in [6.45, 7) is 3.50. The normalized spacial score (nSPS) is 33.4. The van der Waals surface area contributed by atoms with Crippen LogP contribution in [0.4, 0.5) is 4.39 Å². The van der Waals surface area contributed by atoms with Gasteiger partial charge in [0.2, 0.25) is 5.91 Å². The maximum Gasteiger partial charge on any atom is 0.239 e. The van der Waals surface area contributed by atoms with Gasteiger partial charge in [0.05, 0.1) is 6.04 Å². The van der Waals surface area contributed by atoms with Gasteiger partial charge in [0.1, 0.15) is 6.17 Å². The molecule has 2 heterocycles. The van der Waals surface area contributed by atoms with E-state index in [0.29, 0.717) is 13.0 Å². The van der Waals surface area contributed by atoms with E-state index < -0.39 is 6.17 Å². The Bertz CT molecular complexity index is 211. The lowest BCUT2D eigenvalue weighted by molar-refractivity contribution is -0.133. The zero-order chi connectivity index (χ0) is 9.97. The topological polar surface area (TPSA) is 44.4 Å². The summed E-state index contributed by atoms with van der Waals surface area (Å²) in [7, 11) is 0. The third-order valence-corrected chi connectivity index (χ3v) is 2.80. The Morgan fingerprint density at radius 2 is 2.07 bits per heavy atom. The number of rotatable bonds is 1. The number of hydrogen-bond donors (Lipinski definition) is 2. The summed E-state index contributed by atoms with van der Waals surface area (Å²) in [5.41, 5.74) is 0. The Kier molecular flexibility index (Phi) is 2.98. The summed E-state index contributed by atoms with van der Waals surface area (Å²) < 4.78 is 12.9. The number of carbonyl (C=O) groups excluding carboxylic acids is 1. The minimum absolute atomic E-state index is 0.0617. The van der Waals surface area contributed by atoms with Crippen LogP contribution in [-0.4, -0.2) is 55.7 Å². The first-order valence-corrected chi connectivity index (χ1v) is 5.14. The highest BCUT2D eigenvalue weighted by molar-refractivity contribution is 5.82. The Labute approximate surface area is 82.8 Å². The molecule has 0 saturated carbocycles. The minimum Gasteiger partial charge on any atom is -0.339 e. The highest BCUT2D eigenvalue weighted by atomic mass is 19.1. The van der Waals surface area contributed by atoms with Crippen molar-refractivity contribution in [2.45, 2.75) is 18.6 Å². The average molecular weight is 201 g/mol. The molecule has 0 radical (unpaired) electrons. The third kappa shape index (κ3) is 2.04. The molecule has 2 fully saturated rings.